The summed E-state index contributed by atoms with van der Waals surface area (Å²) in [6, 6.07) is 8.17. The van der Waals surface area contributed by atoms with Crippen LogP contribution in [0.4, 0.5) is 0 Å². The number of carbonyl (C=O) groups excluding carboxylic acids is 4. The molecule has 1 saturated heterocycles. The topological polar surface area (TPSA) is 157 Å². The van der Waals surface area contributed by atoms with Crippen LogP contribution in [-0.2, 0) is 28.6 Å². The second kappa shape index (κ2) is 8.79. The molecule has 5 rings (SSSR count). The fourth-order valence-electron chi connectivity index (χ4n) is 7.63. The molecule has 3 aliphatic carbocycles. The first-order valence-electron chi connectivity index (χ1n) is 13.1. The number of fused-ring (bicyclic) bond motifs is 4. The van der Waals surface area contributed by atoms with E-state index in [4.69, 9.17) is 14.2 Å². The Bertz CT molecular complexity index is 1280. The van der Waals surface area contributed by atoms with Crippen molar-refractivity contribution in [3.05, 3.63) is 47.0 Å². The molecule has 0 unspecified atom stereocenters. The highest BCUT2D eigenvalue weighted by atomic mass is 16.6. The van der Waals surface area contributed by atoms with Crippen molar-refractivity contribution in [1.82, 2.24) is 0 Å². The second-order valence-corrected chi connectivity index (χ2v) is 12.0. The van der Waals surface area contributed by atoms with Crippen molar-refractivity contribution in [1.29, 1.82) is 0 Å². The highest BCUT2D eigenvalue weighted by Crippen LogP contribution is 2.65. The first-order valence-corrected chi connectivity index (χ1v) is 13.1. The molecular weight excluding hydrogens is 508 g/mol. The van der Waals surface area contributed by atoms with E-state index in [1.165, 1.54) is 34.6 Å². The van der Waals surface area contributed by atoms with Gasteiger partial charge in [-0.15, -0.1) is 0 Å². The summed E-state index contributed by atoms with van der Waals surface area (Å²) in [5, 5.41) is 34.8. The molecule has 0 radical (unpaired) electrons. The Morgan fingerprint density at radius 1 is 1.10 bits per heavy atom. The number of carbonyl (C=O) groups is 4. The van der Waals surface area contributed by atoms with Crippen LogP contribution in [0.1, 0.15) is 57.8 Å². The van der Waals surface area contributed by atoms with Crippen molar-refractivity contribution in [3.63, 3.8) is 0 Å². The van der Waals surface area contributed by atoms with E-state index in [-0.39, 0.29) is 36.2 Å². The van der Waals surface area contributed by atoms with Crippen molar-refractivity contribution in [2.24, 2.45) is 16.7 Å². The third kappa shape index (κ3) is 3.48. The first-order chi connectivity index (χ1) is 18.1. The van der Waals surface area contributed by atoms with Gasteiger partial charge in [-0.3, -0.25) is 14.4 Å². The Hall–Kier alpha value is -2.92. The van der Waals surface area contributed by atoms with Gasteiger partial charge in [0, 0.05) is 24.8 Å². The third-order valence-corrected chi connectivity index (χ3v) is 9.72. The highest BCUT2D eigenvalue weighted by Gasteiger charge is 2.78. The zero-order valence-corrected chi connectivity index (χ0v) is 22.6. The molecule has 10 nitrogen and oxygen atoms in total. The van der Waals surface area contributed by atoms with Gasteiger partial charge in [0.1, 0.15) is 11.7 Å². The highest BCUT2D eigenvalue weighted by molar-refractivity contribution is 6.46. The van der Waals surface area contributed by atoms with Crippen LogP contribution in [0, 0.1) is 16.7 Å². The number of ketones is 2. The van der Waals surface area contributed by atoms with Gasteiger partial charge in [-0.05, 0) is 51.8 Å². The van der Waals surface area contributed by atoms with E-state index >= 15 is 0 Å². The van der Waals surface area contributed by atoms with Gasteiger partial charge in [0.05, 0.1) is 41.3 Å². The SMILES string of the molecule is CC(=O)O[C@@]12CO[C@@H]1C[C@H](O)[C@@]1(C)C(=O)C(=O)C3=C(C)[C@@H](O)C[C@@]3(C(C)(C)OC(=O)c3ccccc3)[C@H](O)[C@H]21. The number of aliphatic hydroxyl groups excluding tert-OH is 3. The summed E-state index contributed by atoms with van der Waals surface area (Å²) in [6.07, 6.45) is -5.48. The van der Waals surface area contributed by atoms with Crippen molar-refractivity contribution in [2.45, 2.75) is 83.1 Å². The molecule has 1 aliphatic heterocycles. The molecule has 0 aromatic heterocycles. The standard InChI is InChI=1S/C29H34O10/c1-14-17(31)12-28(26(3,4)39-25(36)16-9-7-6-8-10-16)20(14)21(33)23(34)27(5)18(32)11-19-29(13-37-19,38-15(2)30)22(27)24(28)35/h6-10,17-19,22,24,31-32,35H,11-13H2,1-5H3/t17-,18-,19+,22-,24+,27+,28-,29-/m0/s1. The van der Waals surface area contributed by atoms with Gasteiger partial charge in [0.2, 0.25) is 11.6 Å². The number of aliphatic hydroxyl groups is 3. The summed E-state index contributed by atoms with van der Waals surface area (Å²) in [6.45, 7) is 6.97. The number of rotatable bonds is 4. The van der Waals surface area contributed by atoms with Crippen molar-refractivity contribution in [3.8, 4) is 0 Å². The number of esters is 2. The first kappa shape index (κ1) is 27.6. The summed E-state index contributed by atoms with van der Waals surface area (Å²) in [5.41, 5.74) is -6.57. The minimum atomic E-state index is -1.86. The Kier molecular flexibility index (Phi) is 6.23. The lowest BCUT2D eigenvalue weighted by molar-refractivity contribution is -0.337. The molecule has 1 aromatic rings. The number of Topliss-reactive ketones (excluding diaryl/α,β-unsaturated/α-hetero) is 2. The molecule has 39 heavy (non-hydrogen) atoms. The molecule has 0 spiro atoms. The van der Waals surface area contributed by atoms with Crippen LogP contribution in [0.5, 0.6) is 0 Å². The van der Waals surface area contributed by atoms with Crippen molar-refractivity contribution < 1.29 is 48.7 Å². The molecule has 3 N–H and O–H groups in total. The molecule has 8 atom stereocenters. The summed E-state index contributed by atoms with van der Waals surface area (Å²) >= 11 is 0. The molecule has 0 bridgehead atoms. The molecule has 10 heteroatoms. The van der Waals surface area contributed by atoms with Crippen molar-refractivity contribution in [2.75, 3.05) is 6.61 Å². The lowest BCUT2D eigenvalue weighted by Crippen LogP contribution is -2.78. The molecule has 2 saturated carbocycles. The molecule has 3 fully saturated rings. The Balaban J connectivity index is 1.74. The Morgan fingerprint density at radius 2 is 1.74 bits per heavy atom. The van der Waals surface area contributed by atoms with Crippen LogP contribution in [-0.4, -0.2) is 81.0 Å². The van der Waals surface area contributed by atoms with Crippen LogP contribution < -0.4 is 0 Å². The van der Waals surface area contributed by atoms with Gasteiger partial charge in [-0.1, -0.05) is 18.2 Å². The van der Waals surface area contributed by atoms with Gasteiger partial charge in [0.15, 0.2) is 5.60 Å². The minimum Gasteiger partial charge on any atom is -0.455 e. The zero-order valence-electron chi connectivity index (χ0n) is 22.6. The van der Waals surface area contributed by atoms with Crippen LogP contribution in [0.3, 0.4) is 0 Å². The van der Waals surface area contributed by atoms with Gasteiger partial charge in [-0.2, -0.15) is 0 Å². The summed E-state index contributed by atoms with van der Waals surface area (Å²) in [7, 11) is 0. The lowest BCUT2D eigenvalue weighted by atomic mass is 9.50. The number of hydrogen-bond donors (Lipinski definition) is 3. The largest absolute Gasteiger partial charge is 0.455 e. The zero-order chi connectivity index (χ0) is 28.7. The van der Waals surface area contributed by atoms with Gasteiger partial charge >= 0.3 is 11.9 Å². The Morgan fingerprint density at radius 3 is 2.31 bits per heavy atom. The molecular formula is C29H34O10. The smallest absolute Gasteiger partial charge is 0.338 e. The fourth-order valence-corrected chi connectivity index (χ4v) is 7.63. The minimum absolute atomic E-state index is 0.0912. The molecule has 1 heterocycles. The fraction of sp³-hybridized carbons (Fsp3) is 0.586. The lowest BCUT2D eigenvalue weighted by Gasteiger charge is -2.63. The van der Waals surface area contributed by atoms with E-state index in [0.29, 0.717) is 0 Å². The van der Waals surface area contributed by atoms with E-state index in [1.54, 1.807) is 30.3 Å². The van der Waals surface area contributed by atoms with Crippen LogP contribution in [0.25, 0.3) is 0 Å². The number of hydrogen-bond acceptors (Lipinski definition) is 10. The van der Waals surface area contributed by atoms with E-state index in [0.717, 1.165) is 0 Å². The van der Waals surface area contributed by atoms with Gasteiger partial charge in [0.25, 0.3) is 0 Å². The maximum atomic E-state index is 14.1. The molecule has 1 aromatic carbocycles. The maximum Gasteiger partial charge on any atom is 0.338 e. The maximum absolute atomic E-state index is 14.1. The van der Waals surface area contributed by atoms with Gasteiger partial charge < -0.3 is 29.5 Å². The second-order valence-electron chi connectivity index (χ2n) is 12.0. The van der Waals surface area contributed by atoms with Crippen molar-refractivity contribution >= 4 is 23.5 Å². The van der Waals surface area contributed by atoms with E-state index in [2.05, 4.69) is 0 Å². The molecule has 0 amide bonds. The number of benzene rings is 1. The normalized spacial score (nSPS) is 39.6. The monoisotopic (exact) mass is 542 g/mol. The summed E-state index contributed by atoms with van der Waals surface area (Å²) in [4.78, 5) is 53.7. The molecule has 210 valence electrons. The predicted molar refractivity (Wildman–Crippen MR) is 134 cm³/mol. The van der Waals surface area contributed by atoms with Crippen LogP contribution >= 0.6 is 0 Å². The number of ether oxygens (including phenoxy) is 3. The van der Waals surface area contributed by atoms with Crippen LogP contribution in [0.15, 0.2) is 41.5 Å². The van der Waals surface area contributed by atoms with Crippen LogP contribution in [0.2, 0.25) is 0 Å². The van der Waals surface area contributed by atoms with Gasteiger partial charge in [-0.25, -0.2) is 4.79 Å². The van der Waals surface area contributed by atoms with E-state index in [1.807, 2.05) is 0 Å². The summed E-state index contributed by atoms with van der Waals surface area (Å²) < 4.78 is 17.5. The quantitative estimate of drug-likeness (QED) is 0.374. The summed E-state index contributed by atoms with van der Waals surface area (Å²) in [5.74, 6) is -4.67. The predicted octanol–water partition coefficient (Wildman–Crippen LogP) is 1.29. The van der Waals surface area contributed by atoms with E-state index in [9.17, 15) is 34.5 Å². The Labute approximate surface area is 225 Å². The average molecular weight is 543 g/mol. The molecule has 4 aliphatic rings. The van der Waals surface area contributed by atoms with E-state index < -0.39 is 75.9 Å². The average Bonchev–Trinajstić information content (AvgIpc) is 3.13. The third-order valence-electron chi connectivity index (χ3n) is 9.72.